The fourth-order valence-electron chi connectivity index (χ4n) is 4.06. The number of aliphatic hydroxyl groups is 1. The summed E-state index contributed by atoms with van der Waals surface area (Å²) in [5.41, 5.74) is -1.82. The number of fused-ring (bicyclic) bond motifs is 1. The minimum atomic E-state index is -3.31. The highest BCUT2D eigenvalue weighted by molar-refractivity contribution is 7.17. The highest BCUT2D eigenvalue weighted by atomic mass is 31.0. The van der Waals surface area contributed by atoms with Crippen molar-refractivity contribution in [2.75, 3.05) is 26.4 Å². The van der Waals surface area contributed by atoms with Crippen molar-refractivity contribution in [3.63, 3.8) is 0 Å². The van der Waals surface area contributed by atoms with E-state index in [9.17, 15) is 18.3 Å². The Morgan fingerprint density at radius 3 is 2.49 bits per heavy atom. The van der Waals surface area contributed by atoms with Crippen LogP contribution < -0.4 is 9.47 Å². The molecule has 0 spiro atoms. The largest absolute Gasteiger partial charge is 0.508 e. The molecular weight excluding hydrogens is 504 g/mol. The van der Waals surface area contributed by atoms with Crippen molar-refractivity contribution in [1.82, 2.24) is 0 Å². The van der Waals surface area contributed by atoms with Crippen LogP contribution in [0.15, 0.2) is 66.7 Å². The Morgan fingerprint density at radius 2 is 1.76 bits per heavy atom. The highest BCUT2D eigenvalue weighted by Gasteiger charge is 2.30. The summed E-state index contributed by atoms with van der Waals surface area (Å²) in [6, 6.07) is 16.7. The zero-order valence-corrected chi connectivity index (χ0v) is 21.2. The normalized spacial score (nSPS) is 11.6. The van der Waals surface area contributed by atoms with Crippen molar-refractivity contribution in [2.45, 2.75) is 12.6 Å². The molecular formula is C28H26F3O5P. The Labute approximate surface area is 214 Å². The molecule has 0 radical (unpaired) electrons. The van der Waals surface area contributed by atoms with E-state index in [2.05, 4.69) is 0 Å². The molecule has 0 amide bonds. The summed E-state index contributed by atoms with van der Waals surface area (Å²) >= 11 is 0. The number of phenols is 1. The number of halogens is 3. The van der Waals surface area contributed by atoms with Crippen molar-refractivity contribution in [1.29, 1.82) is 0 Å². The molecule has 37 heavy (non-hydrogen) atoms. The average Bonchev–Trinajstić information content (AvgIpc) is 2.83. The summed E-state index contributed by atoms with van der Waals surface area (Å²) in [5, 5.41) is 20.1. The van der Waals surface area contributed by atoms with Crippen LogP contribution in [0, 0.1) is 12.7 Å². The lowest BCUT2D eigenvalue weighted by molar-refractivity contribution is 0.0663. The van der Waals surface area contributed by atoms with E-state index in [0.29, 0.717) is 27.6 Å². The fourth-order valence-corrected chi connectivity index (χ4v) is 4.28. The van der Waals surface area contributed by atoms with Gasteiger partial charge in [0.1, 0.15) is 35.4 Å². The number of aromatic hydroxyl groups is 1. The van der Waals surface area contributed by atoms with Gasteiger partial charge in [-0.2, -0.15) is 8.78 Å². The molecule has 0 bridgehead atoms. The first-order valence-electron chi connectivity index (χ1n) is 11.5. The molecule has 0 saturated heterocycles. The summed E-state index contributed by atoms with van der Waals surface area (Å²) in [6.07, 6.45) is 0. The van der Waals surface area contributed by atoms with Crippen LogP contribution in [0.4, 0.5) is 13.2 Å². The van der Waals surface area contributed by atoms with Crippen LogP contribution >= 0.6 is 9.24 Å². The van der Waals surface area contributed by atoms with E-state index in [-0.39, 0.29) is 43.7 Å². The second kappa shape index (κ2) is 11.4. The predicted molar refractivity (Wildman–Crippen MR) is 139 cm³/mol. The first kappa shape index (κ1) is 26.7. The molecule has 0 aliphatic heterocycles. The molecule has 0 aliphatic rings. The zero-order valence-electron chi connectivity index (χ0n) is 20.0. The maximum Gasteiger partial charge on any atom is 0.287 e. The average molecular weight is 530 g/mol. The summed E-state index contributed by atoms with van der Waals surface area (Å²) in [5.74, 6) is 0.0569. The van der Waals surface area contributed by atoms with Gasteiger partial charge < -0.3 is 24.4 Å². The zero-order chi connectivity index (χ0) is 26.6. The number of rotatable bonds is 10. The predicted octanol–water partition coefficient (Wildman–Crippen LogP) is 6.76. The van der Waals surface area contributed by atoms with Crippen LogP contribution in [0.3, 0.4) is 0 Å². The second-order valence-corrected chi connectivity index (χ2v) is 9.11. The first-order chi connectivity index (χ1) is 17.7. The SMILES string of the molecule is Cc1cc2cc(O)ccc2c(Oc2ccc(OCCOCCO)c(C(F)(F)P)c2)c1-c1cccc(F)c1. The molecule has 1 unspecified atom stereocenters. The van der Waals surface area contributed by atoms with Crippen molar-refractivity contribution < 1.29 is 37.6 Å². The lowest BCUT2D eigenvalue weighted by atomic mass is 9.94. The summed E-state index contributed by atoms with van der Waals surface area (Å²) in [6.45, 7) is 1.95. The molecule has 4 aromatic rings. The van der Waals surface area contributed by atoms with Gasteiger partial charge in [-0.05, 0) is 72.0 Å². The number of benzene rings is 4. The van der Waals surface area contributed by atoms with Crippen LogP contribution in [-0.2, 0) is 10.4 Å². The standard InChI is InChI=1S/C28H26F3O5P/c1-17-13-19-15-21(33)5-7-23(19)27(26(17)18-3-2-4-20(29)14-18)36-22-6-8-25(24(16-22)28(30,31)37)35-12-11-34-10-9-32/h2-8,13-16,32-33H,9-12,37H2,1H3. The smallest absolute Gasteiger partial charge is 0.287 e. The molecule has 2 N–H and O–H groups in total. The van der Waals surface area contributed by atoms with Gasteiger partial charge in [0.25, 0.3) is 5.66 Å². The van der Waals surface area contributed by atoms with Crippen LogP contribution in [0.5, 0.6) is 23.0 Å². The van der Waals surface area contributed by atoms with Gasteiger partial charge in [0, 0.05) is 10.9 Å². The molecule has 4 aromatic carbocycles. The number of alkyl halides is 2. The summed E-state index contributed by atoms with van der Waals surface area (Å²) < 4.78 is 60.0. The van der Waals surface area contributed by atoms with Crippen molar-refractivity contribution >= 4 is 20.0 Å². The van der Waals surface area contributed by atoms with Crippen LogP contribution in [0.1, 0.15) is 11.1 Å². The molecule has 5 nitrogen and oxygen atoms in total. The maximum absolute atomic E-state index is 14.5. The quantitative estimate of drug-likeness (QED) is 0.175. The van der Waals surface area contributed by atoms with Crippen LogP contribution in [0.2, 0.25) is 0 Å². The topological polar surface area (TPSA) is 68.2 Å². The molecule has 0 aromatic heterocycles. The van der Waals surface area contributed by atoms with Gasteiger partial charge in [-0.3, -0.25) is 0 Å². The Hall–Kier alpha value is -3.32. The van der Waals surface area contributed by atoms with E-state index < -0.39 is 17.0 Å². The Morgan fingerprint density at radius 1 is 0.946 bits per heavy atom. The number of hydrogen-bond donors (Lipinski definition) is 2. The third kappa shape index (κ3) is 6.34. The number of aliphatic hydroxyl groups excluding tert-OH is 1. The molecule has 9 heteroatoms. The van der Waals surface area contributed by atoms with Gasteiger partial charge in [-0.15, -0.1) is 0 Å². The Kier molecular flexibility index (Phi) is 8.22. The summed E-state index contributed by atoms with van der Waals surface area (Å²) in [4.78, 5) is 0. The fraction of sp³-hybridized carbons (Fsp3) is 0.214. The minimum absolute atomic E-state index is 0.0175. The molecule has 0 aliphatic carbocycles. The van der Waals surface area contributed by atoms with Gasteiger partial charge in [-0.25, -0.2) is 4.39 Å². The van der Waals surface area contributed by atoms with Crippen LogP contribution in [0.25, 0.3) is 21.9 Å². The van der Waals surface area contributed by atoms with Gasteiger partial charge in [-0.1, -0.05) is 27.4 Å². The van der Waals surface area contributed by atoms with Gasteiger partial charge in [0.15, 0.2) is 0 Å². The van der Waals surface area contributed by atoms with Gasteiger partial charge in [0.2, 0.25) is 0 Å². The lowest BCUT2D eigenvalue weighted by Gasteiger charge is -2.20. The molecule has 0 fully saturated rings. The molecule has 1 atom stereocenters. The van der Waals surface area contributed by atoms with Crippen molar-refractivity contribution in [2.24, 2.45) is 0 Å². The Bertz CT molecular complexity index is 1400. The maximum atomic E-state index is 14.5. The number of hydrogen-bond acceptors (Lipinski definition) is 5. The minimum Gasteiger partial charge on any atom is -0.508 e. The van der Waals surface area contributed by atoms with E-state index in [4.69, 9.17) is 19.3 Å². The lowest BCUT2D eigenvalue weighted by Crippen LogP contribution is -2.12. The van der Waals surface area contributed by atoms with E-state index in [1.54, 1.807) is 24.3 Å². The first-order valence-corrected chi connectivity index (χ1v) is 12.1. The highest BCUT2D eigenvalue weighted by Crippen LogP contribution is 2.46. The number of phenolic OH excluding ortho intramolecular Hbond substituents is 1. The molecule has 0 heterocycles. The molecule has 0 saturated carbocycles. The Balaban J connectivity index is 1.78. The van der Waals surface area contributed by atoms with Gasteiger partial charge >= 0.3 is 0 Å². The summed E-state index contributed by atoms with van der Waals surface area (Å²) in [7, 11) is 1.50. The van der Waals surface area contributed by atoms with Crippen LogP contribution in [-0.4, -0.2) is 36.6 Å². The molecule has 4 rings (SSSR count). The third-order valence-electron chi connectivity index (χ3n) is 5.64. The second-order valence-electron chi connectivity index (χ2n) is 8.38. The van der Waals surface area contributed by atoms with E-state index in [0.717, 1.165) is 5.56 Å². The number of ether oxygens (including phenoxy) is 3. The van der Waals surface area contributed by atoms with Crippen molar-refractivity contribution in [3.05, 3.63) is 83.7 Å². The van der Waals surface area contributed by atoms with E-state index in [1.165, 1.54) is 45.6 Å². The molecule has 194 valence electrons. The third-order valence-corrected chi connectivity index (χ3v) is 5.95. The van der Waals surface area contributed by atoms with Crippen molar-refractivity contribution in [3.8, 4) is 34.1 Å². The van der Waals surface area contributed by atoms with Gasteiger partial charge in [0.05, 0.1) is 25.4 Å². The monoisotopic (exact) mass is 530 g/mol. The van der Waals surface area contributed by atoms with E-state index >= 15 is 0 Å². The number of aryl methyl sites for hydroxylation is 1. The van der Waals surface area contributed by atoms with E-state index in [1.807, 2.05) is 13.0 Å².